The van der Waals surface area contributed by atoms with Gasteiger partial charge in [0.25, 0.3) is 0 Å². The number of carbonyl (C=O) groups is 1. The summed E-state index contributed by atoms with van der Waals surface area (Å²) >= 11 is 0. The molecule has 0 aliphatic carbocycles. The Bertz CT molecular complexity index is 776. The molecule has 3 rings (SSSR count). The third kappa shape index (κ3) is 2.79. The van der Waals surface area contributed by atoms with Gasteiger partial charge in [0, 0.05) is 0 Å². The quantitative estimate of drug-likeness (QED) is 0.669. The minimum atomic E-state index is -0.217. The Kier molecular flexibility index (Phi) is 3.69. The van der Waals surface area contributed by atoms with Gasteiger partial charge in [0.2, 0.25) is 0 Å². The standard InChI is InChI=1S/C19H16O2/c1-21-19(20)13-17-12-16(14-7-3-2-4-8-14)11-15-9-5-6-10-18(15)17/h2-12H,13H2,1H3. The molecule has 0 aromatic heterocycles. The molecule has 0 saturated heterocycles. The molecule has 0 spiro atoms. The van der Waals surface area contributed by atoms with E-state index in [1.54, 1.807) is 0 Å². The Morgan fingerprint density at radius 3 is 2.38 bits per heavy atom. The molecule has 0 N–H and O–H groups in total. The zero-order chi connectivity index (χ0) is 14.7. The lowest BCUT2D eigenvalue weighted by Gasteiger charge is -2.10. The van der Waals surface area contributed by atoms with Crippen molar-refractivity contribution in [2.24, 2.45) is 0 Å². The Balaban J connectivity index is 2.17. The lowest BCUT2D eigenvalue weighted by Crippen LogP contribution is -2.05. The first-order chi connectivity index (χ1) is 10.3. The number of ether oxygens (including phenoxy) is 1. The minimum absolute atomic E-state index is 0.217. The number of hydrogen-bond acceptors (Lipinski definition) is 2. The molecule has 2 nitrogen and oxygen atoms in total. The van der Waals surface area contributed by atoms with Gasteiger partial charge in [0.1, 0.15) is 0 Å². The maximum atomic E-state index is 11.7. The molecular formula is C19H16O2. The van der Waals surface area contributed by atoms with Crippen molar-refractivity contribution in [3.8, 4) is 11.1 Å². The number of fused-ring (bicyclic) bond motifs is 1. The molecule has 0 heterocycles. The van der Waals surface area contributed by atoms with Crippen LogP contribution in [0.4, 0.5) is 0 Å². The van der Waals surface area contributed by atoms with Crippen LogP contribution in [0.2, 0.25) is 0 Å². The van der Waals surface area contributed by atoms with E-state index in [2.05, 4.69) is 30.3 Å². The molecule has 0 atom stereocenters. The second-order valence-corrected chi connectivity index (χ2v) is 4.98. The number of rotatable bonds is 3. The van der Waals surface area contributed by atoms with E-state index >= 15 is 0 Å². The van der Waals surface area contributed by atoms with E-state index in [1.807, 2.05) is 36.4 Å². The average Bonchev–Trinajstić information content (AvgIpc) is 2.55. The van der Waals surface area contributed by atoms with Crippen molar-refractivity contribution >= 4 is 16.7 Å². The summed E-state index contributed by atoms with van der Waals surface area (Å²) in [6.45, 7) is 0. The van der Waals surface area contributed by atoms with E-state index < -0.39 is 0 Å². The first-order valence-electron chi connectivity index (χ1n) is 6.92. The molecule has 0 unspecified atom stereocenters. The van der Waals surface area contributed by atoms with E-state index in [0.717, 1.165) is 27.5 Å². The second-order valence-electron chi connectivity index (χ2n) is 4.98. The van der Waals surface area contributed by atoms with Crippen molar-refractivity contribution in [2.75, 3.05) is 7.11 Å². The molecular weight excluding hydrogens is 260 g/mol. The maximum absolute atomic E-state index is 11.7. The molecule has 0 aliphatic rings. The summed E-state index contributed by atoms with van der Waals surface area (Å²) in [6.07, 6.45) is 0.289. The molecule has 0 saturated carbocycles. The van der Waals surface area contributed by atoms with Crippen LogP contribution in [0.3, 0.4) is 0 Å². The highest BCUT2D eigenvalue weighted by Crippen LogP contribution is 2.28. The molecule has 21 heavy (non-hydrogen) atoms. The summed E-state index contributed by atoms with van der Waals surface area (Å²) in [5.74, 6) is -0.217. The lowest BCUT2D eigenvalue weighted by molar-refractivity contribution is -0.139. The largest absolute Gasteiger partial charge is 0.469 e. The number of hydrogen-bond donors (Lipinski definition) is 0. The van der Waals surface area contributed by atoms with Crippen molar-refractivity contribution in [3.05, 3.63) is 72.3 Å². The van der Waals surface area contributed by atoms with Gasteiger partial charge in [-0.3, -0.25) is 4.79 Å². The highest BCUT2D eigenvalue weighted by Gasteiger charge is 2.09. The van der Waals surface area contributed by atoms with Crippen molar-refractivity contribution in [2.45, 2.75) is 6.42 Å². The molecule has 0 radical (unpaired) electrons. The van der Waals surface area contributed by atoms with Crippen LogP contribution in [0.25, 0.3) is 21.9 Å². The normalized spacial score (nSPS) is 10.5. The highest BCUT2D eigenvalue weighted by atomic mass is 16.5. The van der Waals surface area contributed by atoms with E-state index in [0.29, 0.717) is 0 Å². The maximum Gasteiger partial charge on any atom is 0.310 e. The molecule has 3 aromatic rings. The first kappa shape index (κ1) is 13.4. The van der Waals surface area contributed by atoms with Crippen LogP contribution >= 0.6 is 0 Å². The number of carbonyl (C=O) groups excluding carboxylic acids is 1. The summed E-state index contributed by atoms with van der Waals surface area (Å²) in [5, 5.41) is 2.24. The zero-order valence-corrected chi connectivity index (χ0v) is 11.9. The van der Waals surface area contributed by atoms with Crippen LogP contribution in [-0.2, 0) is 16.0 Å². The van der Waals surface area contributed by atoms with E-state index in [1.165, 1.54) is 7.11 Å². The summed E-state index contributed by atoms with van der Waals surface area (Å²) in [5.41, 5.74) is 3.27. The van der Waals surface area contributed by atoms with Crippen LogP contribution in [0.5, 0.6) is 0 Å². The Labute approximate surface area is 124 Å². The van der Waals surface area contributed by atoms with Crippen molar-refractivity contribution in [3.63, 3.8) is 0 Å². The Morgan fingerprint density at radius 1 is 0.905 bits per heavy atom. The van der Waals surface area contributed by atoms with E-state index in [-0.39, 0.29) is 12.4 Å². The SMILES string of the molecule is COC(=O)Cc1cc(-c2ccccc2)cc2ccccc12. The fourth-order valence-corrected chi connectivity index (χ4v) is 2.56. The predicted molar refractivity (Wildman–Crippen MR) is 85.1 cm³/mol. The summed E-state index contributed by atoms with van der Waals surface area (Å²) < 4.78 is 4.81. The van der Waals surface area contributed by atoms with Gasteiger partial charge in [-0.25, -0.2) is 0 Å². The van der Waals surface area contributed by atoms with Gasteiger partial charge in [-0.1, -0.05) is 54.6 Å². The number of esters is 1. The lowest BCUT2D eigenvalue weighted by atomic mass is 9.95. The monoisotopic (exact) mass is 276 g/mol. The first-order valence-corrected chi connectivity index (χ1v) is 6.92. The van der Waals surface area contributed by atoms with Gasteiger partial charge >= 0.3 is 5.97 Å². The smallest absolute Gasteiger partial charge is 0.310 e. The summed E-state index contributed by atoms with van der Waals surface area (Å²) in [4.78, 5) is 11.7. The van der Waals surface area contributed by atoms with Gasteiger partial charge < -0.3 is 4.74 Å². The zero-order valence-electron chi connectivity index (χ0n) is 11.9. The molecule has 0 aliphatic heterocycles. The summed E-state index contributed by atoms with van der Waals surface area (Å²) in [6, 6.07) is 22.5. The fourth-order valence-electron chi connectivity index (χ4n) is 2.56. The van der Waals surface area contributed by atoms with Crippen molar-refractivity contribution in [1.29, 1.82) is 0 Å². The van der Waals surface area contributed by atoms with Crippen LogP contribution in [-0.4, -0.2) is 13.1 Å². The molecule has 0 amide bonds. The summed E-state index contributed by atoms with van der Waals surface area (Å²) in [7, 11) is 1.42. The van der Waals surface area contributed by atoms with Crippen LogP contribution in [0, 0.1) is 0 Å². The van der Waals surface area contributed by atoms with E-state index in [9.17, 15) is 4.79 Å². The van der Waals surface area contributed by atoms with Gasteiger partial charge in [0.15, 0.2) is 0 Å². The third-order valence-electron chi connectivity index (χ3n) is 3.62. The Hall–Kier alpha value is -2.61. The van der Waals surface area contributed by atoms with Gasteiger partial charge in [-0.15, -0.1) is 0 Å². The molecule has 0 bridgehead atoms. The molecule has 104 valence electrons. The number of benzene rings is 3. The Morgan fingerprint density at radius 2 is 1.62 bits per heavy atom. The topological polar surface area (TPSA) is 26.3 Å². The van der Waals surface area contributed by atoms with E-state index in [4.69, 9.17) is 4.74 Å². The van der Waals surface area contributed by atoms with Crippen LogP contribution in [0.1, 0.15) is 5.56 Å². The molecule has 0 fully saturated rings. The second kappa shape index (κ2) is 5.80. The fraction of sp³-hybridized carbons (Fsp3) is 0.105. The molecule has 2 heteroatoms. The van der Waals surface area contributed by atoms with Crippen LogP contribution in [0.15, 0.2) is 66.7 Å². The van der Waals surface area contributed by atoms with Crippen molar-refractivity contribution in [1.82, 2.24) is 0 Å². The van der Waals surface area contributed by atoms with Gasteiger partial charge in [-0.2, -0.15) is 0 Å². The predicted octanol–water partition coefficient (Wildman–Crippen LogP) is 4.22. The van der Waals surface area contributed by atoms with Gasteiger partial charge in [-0.05, 0) is 39.6 Å². The van der Waals surface area contributed by atoms with Crippen molar-refractivity contribution < 1.29 is 9.53 Å². The molecule has 3 aromatic carbocycles. The van der Waals surface area contributed by atoms with Crippen LogP contribution < -0.4 is 0 Å². The van der Waals surface area contributed by atoms with Gasteiger partial charge in [0.05, 0.1) is 13.5 Å². The average molecular weight is 276 g/mol. The third-order valence-corrected chi connectivity index (χ3v) is 3.62. The minimum Gasteiger partial charge on any atom is -0.469 e. The highest BCUT2D eigenvalue weighted by molar-refractivity contribution is 5.92. The number of methoxy groups -OCH3 is 1.